The fourth-order valence-electron chi connectivity index (χ4n) is 1.71. The van der Waals surface area contributed by atoms with Crippen LogP contribution in [0.3, 0.4) is 0 Å². The summed E-state index contributed by atoms with van der Waals surface area (Å²) in [6, 6.07) is 20.3. The number of halogens is 1. The van der Waals surface area contributed by atoms with E-state index in [0.717, 1.165) is 11.3 Å². The van der Waals surface area contributed by atoms with Gasteiger partial charge in [0.2, 0.25) is 0 Å². The Morgan fingerprint density at radius 1 is 1.00 bits per heavy atom. The molecule has 0 atom stereocenters. The maximum absolute atomic E-state index is 6.31. The van der Waals surface area contributed by atoms with Crippen LogP contribution in [0.4, 0.5) is 0 Å². The molecule has 0 N–H and O–H groups in total. The van der Waals surface area contributed by atoms with Gasteiger partial charge in [0, 0.05) is 5.56 Å². The molecule has 1 aromatic heterocycles. The molecule has 4 heteroatoms. The smallest absolute Gasteiger partial charge is 0.161 e. The summed E-state index contributed by atoms with van der Waals surface area (Å²) in [6.45, 7) is 0. The van der Waals surface area contributed by atoms with Crippen molar-refractivity contribution in [1.82, 2.24) is 15.0 Å². The normalized spacial score (nSPS) is 10.5. The minimum atomic E-state index is 0.489. The van der Waals surface area contributed by atoms with Gasteiger partial charge in [0.05, 0.1) is 5.69 Å². The molecule has 0 fully saturated rings. The lowest BCUT2D eigenvalue weighted by Crippen LogP contribution is -1.95. The molecular formula is C14H9ClN3. The SMILES string of the molecule is Clc1c(-c2[c]cccc2)nnn1-c1ccccc1. The maximum Gasteiger partial charge on any atom is 0.161 e. The summed E-state index contributed by atoms with van der Waals surface area (Å²) >= 11 is 6.31. The van der Waals surface area contributed by atoms with Gasteiger partial charge in [0.1, 0.15) is 5.69 Å². The lowest BCUT2D eigenvalue weighted by Gasteiger charge is -2.01. The van der Waals surface area contributed by atoms with Gasteiger partial charge in [-0.2, -0.15) is 0 Å². The van der Waals surface area contributed by atoms with Gasteiger partial charge < -0.3 is 0 Å². The molecule has 3 nitrogen and oxygen atoms in total. The first-order valence-electron chi connectivity index (χ1n) is 5.50. The maximum atomic E-state index is 6.31. The topological polar surface area (TPSA) is 30.7 Å². The zero-order valence-electron chi connectivity index (χ0n) is 9.42. The number of para-hydroxylation sites is 1. The van der Waals surface area contributed by atoms with Crippen molar-refractivity contribution in [3.05, 3.63) is 65.8 Å². The molecule has 0 aliphatic rings. The summed E-state index contributed by atoms with van der Waals surface area (Å²) in [5.74, 6) is 0. The molecule has 3 aromatic rings. The second-order valence-corrected chi connectivity index (χ2v) is 4.11. The highest BCUT2D eigenvalue weighted by Gasteiger charge is 2.13. The molecule has 1 radical (unpaired) electrons. The van der Waals surface area contributed by atoms with Crippen LogP contribution in [0.25, 0.3) is 16.9 Å². The molecule has 0 saturated carbocycles. The Balaban J connectivity index is 2.09. The molecular weight excluding hydrogens is 246 g/mol. The van der Waals surface area contributed by atoms with Gasteiger partial charge in [-0.3, -0.25) is 0 Å². The average molecular weight is 255 g/mol. The third-order valence-corrected chi connectivity index (χ3v) is 2.92. The lowest BCUT2D eigenvalue weighted by molar-refractivity contribution is 0.804. The second kappa shape index (κ2) is 4.63. The summed E-state index contributed by atoms with van der Waals surface area (Å²) < 4.78 is 1.61. The van der Waals surface area contributed by atoms with E-state index in [1.807, 2.05) is 54.6 Å². The lowest BCUT2D eigenvalue weighted by atomic mass is 10.2. The third kappa shape index (κ3) is 1.89. The minimum Gasteiger partial charge on any atom is -0.201 e. The molecule has 0 aliphatic heterocycles. The number of nitrogens with zero attached hydrogens (tertiary/aromatic N) is 3. The number of aromatic nitrogens is 3. The first-order valence-corrected chi connectivity index (χ1v) is 5.88. The van der Waals surface area contributed by atoms with E-state index in [1.165, 1.54) is 0 Å². The van der Waals surface area contributed by atoms with E-state index in [4.69, 9.17) is 11.6 Å². The van der Waals surface area contributed by atoms with E-state index >= 15 is 0 Å². The van der Waals surface area contributed by atoms with Crippen molar-refractivity contribution in [1.29, 1.82) is 0 Å². The van der Waals surface area contributed by atoms with E-state index < -0.39 is 0 Å². The first kappa shape index (κ1) is 11.0. The van der Waals surface area contributed by atoms with Gasteiger partial charge in [0.15, 0.2) is 5.15 Å². The third-order valence-electron chi connectivity index (χ3n) is 2.58. The average Bonchev–Trinajstić information content (AvgIpc) is 2.83. The van der Waals surface area contributed by atoms with Crippen LogP contribution in [0.15, 0.2) is 54.6 Å². The molecule has 0 spiro atoms. The Labute approximate surface area is 110 Å². The van der Waals surface area contributed by atoms with E-state index in [0.29, 0.717) is 10.8 Å². The van der Waals surface area contributed by atoms with E-state index in [1.54, 1.807) is 4.68 Å². The number of hydrogen-bond donors (Lipinski definition) is 0. The molecule has 1 heterocycles. The van der Waals surface area contributed by atoms with Crippen LogP contribution in [0.5, 0.6) is 0 Å². The summed E-state index contributed by atoms with van der Waals surface area (Å²) in [6.07, 6.45) is 0. The van der Waals surface area contributed by atoms with E-state index in [2.05, 4.69) is 16.4 Å². The van der Waals surface area contributed by atoms with E-state index in [9.17, 15) is 0 Å². The summed E-state index contributed by atoms with van der Waals surface area (Å²) in [5, 5.41) is 8.68. The molecule has 0 aliphatic carbocycles. The number of hydrogen-bond acceptors (Lipinski definition) is 2. The van der Waals surface area contributed by atoms with Crippen molar-refractivity contribution in [3.8, 4) is 16.9 Å². The monoisotopic (exact) mass is 254 g/mol. The number of rotatable bonds is 2. The summed E-state index contributed by atoms with van der Waals surface area (Å²) in [4.78, 5) is 0. The van der Waals surface area contributed by atoms with Crippen LogP contribution in [0.2, 0.25) is 5.15 Å². The predicted molar refractivity (Wildman–Crippen MR) is 70.6 cm³/mol. The van der Waals surface area contributed by atoms with Gasteiger partial charge in [0.25, 0.3) is 0 Å². The Morgan fingerprint density at radius 2 is 1.78 bits per heavy atom. The fraction of sp³-hybridized carbons (Fsp3) is 0. The van der Waals surface area contributed by atoms with Gasteiger partial charge >= 0.3 is 0 Å². The first-order chi connectivity index (χ1) is 8.86. The quantitative estimate of drug-likeness (QED) is 0.702. The molecule has 2 aromatic carbocycles. The van der Waals surface area contributed by atoms with Crippen LogP contribution in [-0.2, 0) is 0 Å². The molecule has 3 rings (SSSR count). The molecule has 0 bridgehead atoms. The Kier molecular flexibility index (Phi) is 2.82. The molecule has 0 unspecified atom stereocenters. The van der Waals surface area contributed by atoms with Crippen molar-refractivity contribution in [2.75, 3.05) is 0 Å². The van der Waals surface area contributed by atoms with Crippen molar-refractivity contribution in [3.63, 3.8) is 0 Å². The van der Waals surface area contributed by atoms with Crippen LogP contribution in [-0.4, -0.2) is 15.0 Å². The fourth-order valence-corrected chi connectivity index (χ4v) is 1.98. The molecule has 18 heavy (non-hydrogen) atoms. The summed E-state index contributed by atoms with van der Waals surface area (Å²) in [5.41, 5.74) is 2.36. The van der Waals surface area contributed by atoms with Crippen molar-refractivity contribution in [2.24, 2.45) is 0 Å². The van der Waals surface area contributed by atoms with E-state index in [-0.39, 0.29) is 0 Å². The zero-order chi connectivity index (χ0) is 12.4. The standard InChI is InChI=1S/C14H9ClN3/c15-14-13(11-7-3-1-4-8-11)16-17-18(14)12-9-5-2-6-10-12/h1-7,9-10H. The predicted octanol–water partition coefficient (Wildman–Crippen LogP) is 3.39. The van der Waals surface area contributed by atoms with Gasteiger partial charge in [-0.05, 0) is 18.2 Å². The Morgan fingerprint density at radius 3 is 2.50 bits per heavy atom. The molecule has 0 saturated heterocycles. The van der Waals surface area contributed by atoms with Gasteiger partial charge in [-0.1, -0.05) is 59.3 Å². The van der Waals surface area contributed by atoms with Crippen LogP contribution in [0, 0.1) is 6.07 Å². The van der Waals surface area contributed by atoms with Crippen LogP contribution < -0.4 is 0 Å². The van der Waals surface area contributed by atoms with Crippen molar-refractivity contribution >= 4 is 11.6 Å². The van der Waals surface area contributed by atoms with Crippen molar-refractivity contribution in [2.45, 2.75) is 0 Å². The zero-order valence-corrected chi connectivity index (χ0v) is 10.2. The highest BCUT2D eigenvalue weighted by Crippen LogP contribution is 2.26. The van der Waals surface area contributed by atoms with Crippen molar-refractivity contribution < 1.29 is 0 Å². The van der Waals surface area contributed by atoms with Crippen LogP contribution >= 0.6 is 11.6 Å². The highest BCUT2D eigenvalue weighted by molar-refractivity contribution is 6.32. The molecule has 87 valence electrons. The second-order valence-electron chi connectivity index (χ2n) is 3.75. The summed E-state index contributed by atoms with van der Waals surface area (Å²) in [7, 11) is 0. The molecule has 0 amide bonds. The Bertz CT molecular complexity index is 590. The highest BCUT2D eigenvalue weighted by atomic mass is 35.5. The Hall–Kier alpha value is -2.13. The van der Waals surface area contributed by atoms with Gasteiger partial charge in [-0.25, -0.2) is 4.68 Å². The van der Waals surface area contributed by atoms with Crippen LogP contribution in [0.1, 0.15) is 0 Å². The number of benzene rings is 2. The van der Waals surface area contributed by atoms with Gasteiger partial charge in [-0.15, -0.1) is 5.10 Å². The largest absolute Gasteiger partial charge is 0.201 e. The minimum absolute atomic E-state index is 0.489.